The van der Waals surface area contributed by atoms with Crippen molar-refractivity contribution in [2.24, 2.45) is 0 Å². The third-order valence-corrected chi connectivity index (χ3v) is 2.06. The molecule has 1 aromatic carbocycles. The fraction of sp³-hybridized carbons (Fsp3) is 0.0909. The van der Waals surface area contributed by atoms with Gasteiger partial charge in [-0.1, -0.05) is 24.3 Å². The molecule has 1 aliphatic heterocycles. The molecule has 1 aromatic rings. The molecule has 0 aromatic heterocycles. The summed E-state index contributed by atoms with van der Waals surface area (Å²) in [4.78, 5) is 9.62. The summed E-state index contributed by atoms with van der Waals surface area (Å²) in [5, 5.41) is 10.1. The van der Waals surface area contributed by atoms with Crippen LogP contribution in [0.1, 0.15) is 17.4 Å². The molecule has 1 heterocycles. The van der Waals surface area contributed by atoms with Crippen LogP contribution in [0.2, 0.25) is 0 Å². The van der Waals surface area contributed by atoms with Crippen LogP contribution in [-0.4, -0.2) is 4.92 Å². The highest BCUT2D eigenvalue weighted by molar-refractivity contribution is 5.48. The molecule has 0 saturated carbocycles. The van der Waals surface area contributed by atoms with Gasteiger partial charge in [-0.3, -0.25) is 10.1 Å². The van der Waals surface area contributed by atoms with E-state index in [-0.39, 0.29) is 0 Å². The van der Waals surface area contributed by atoms with Crippen LogP contribution in [0.4, 0.5) is 0 Å². The number of ether oxygens (including phenoxy) is 2. The maximum atomic E-state index is 10.1. The molecule has 0 aliphatic carbocycles. The lowest BCUT2D eigenvalue weighted by Gasteiger charge is -2.09. The maximum absolute atomic E-state index is 10.1. The van der Waals surface area contributed by atoms with E-state index in [2.05, 4.69) is 0 Å². The zero-order valence-corrected chi connectivity index (χ0v) is 8.28. The fourth-order valence-electron chi connectivity index (χ4n) is 1.31. The Balaban J connectivity index is 2.07. The first-order chi connectivity index (χ1) is 7.75. The summed E-state index contributed by atoms with van der Waals surface area (Å²) in [5.74, 6) is 0. The Labute approximate surface area is 91.8 Å². The summed E-state index contributed by atoms with van der Waals surface area (Å²) >= 11 is 0. The molecular formula is C11H9NO4. The van der Waals surface area contributed by atoms with E-state index in [4.69, 9.17) is 9.47 Å². The third kappa shape index (κ3) is 2.38. The van der Waals surface area contributed by atoms with Crippen molar-refractivity contribution < 1.29 is 14.4 Å². The molecule has 0 fully saturated rings. The van der Waals surface area contributed by atoms with E-state index in [9.17, 15) is 10.1 Å². The highest BCUT2D eigenvalue weighted by Gasteiger charge is 2.14. The van der Waals surface area contributed by atoms with Gasteiger partial charge in [0.25, 0.3) is 6.29 Å². The Kier molecular flexibility index (Phi) is 2.86. The summed E-state index contributed by atoms with van der Waals surface area (Å²) in [6, 6.07) is 7.13. The molecule has 1 aliphatic rings. The van der Waals surface area contributed by atoms with Crippen LogP contribution in [0.15, 0.2) is 43.0 Å². The number of nitrogens with zero attached hydrogens (tertiary/aromatic N) is 1. The van der Waals surface area contributed by atoms with Crippen molar-refractivity contribution in [1.29, 1.82) is 0 Å². The van der Waals surface area contributed by atoms with Crippen LogP contribution in [0.5, 0.6) is 0 Å². The zero-order chi connectivity index (χ0) is 11.4. The SMILES string of the molecule is O=[N+]([O-])C=Cc1ccc(C2OC=CO2)cc1. The van der Waals surface area contributed by atoms with Crippen LogP contribution >= 0.6 is 0 Å². The summed E-state index contributed by atoms with van der Waals surface area (Å²) in [6.45, 7) is 0. The van der Waals surface area contributed by atoms with E-state index in [1.165, 1.54) is 18.6 Å². The average Bonchev–Trinajstić information content (AvgIpc) is 2.80. The number of nitro groups is 1. The minimum Gasteiger partial charge on any atom is -0.455 e. The van der Waals surface area contributed by atoms with Crippen LogP contribution in [0.3, 0.4) is 0 Å². The van der Waals surface area contributed by atoms with Gasteiger partial charge in [0.15, 0.2) is 0 Å². The van der Waals surface area contributed by atoms with Gasteiger partial charge in [0, 0.05) is 11.6 Å². The zero-order valence-electron chi connectivity index (χ0n) is 8.28. The van der Waals surface area contributed by atoms with Gasteiger partial charge in [0.2, 0.25) is 6.20 Å². The number of rotatable bonds is 3. The third-order valence-electron chi connectivity index (χ3n) is 2.06. The predicted molar refractivity (Wildman–Crippen MR) is 56.5 cm³/mol. The van der Waals surface area contributed by atoms with Crippen molar-refractivity contribution in [3.05, 3.63) is 64.2 Å². The molecule has 82 valence electrons. The standard InChI is InChI=1S/C11H9NO4/c13-12(14)6-5-9-1-3-10(4-2-9)11-15-7-8-16-11/h1-8,11H. The molecule has 0 radical (unpaired) electrons. The Morgan fingerprint density at radius 3 is 2.38 bits per heavy atom. The van der Waals surface area contributed by atoms with Crippen molar-refractivity contribution in [2.75, 3.05) is 0 Å². The normalized spacial score (nSPS) is 15.0. The molecule has 0 unspecified atom stereocenters. The minimum atomic E-state index is -0.499. The van der Waals surface area contributed by atoms with Gasteiger partial charge in [-0.25, -0.2) is 0 Å². The van der Waals surface area contributed by atoms with Gasteiger partial charge in [-0.2, -0.15) is 0 Å². The van der Waals surface area contributed by atoms with Crippen molar-refractivity contribution in [1.82, 2.24) is 0 Å². The number of hydrogen-bond acceptors (Lipinski definition) is 4. The lowest BCUT2D eigenvalue weighted by Crippen LogP contribution is -1.97. The van der Waals surface area contributed by atoms with Gasteiger partial charge in [-0.15, -0.1) is 0 Å². The highest BCUT2D eigenvalue weighted by Crippen LogP contribution is 2.24. The van der Waals surface area contributed by atoms with Crippen molar-refractivity contribution in [2.45, 2.75) is 6.29 Å². The molecule has 5 heteroatoms. The van der Waals surface area contributed by atoms with E-state index in [0.29, 0.717) is 0 Å². The molecule has 0 N–H and O–H groups in total. The summed E-state index contributed by atoms with van der Waals surface area (Å²) < 4.78 is 10.3. The second-order valence-electron chi connectivity index (χ2n) is 3.14. The first-order valence-electron chi connectivity index (χ1n) is 4.63. The molecule has 0 bridgehead atoms. The van der Waals surface area contributed by atoms with Crippen molar-refractivity contribution >= 4 is 6.08 Å². The van der Waals surface area contributed by atoms with E-state index in [0.717, 1.165) is 17.3 Å². The van der Waals surface area contributed by atoms with Gasteiger partial charge in [0.05, 0.1) is 4.92 Å². The Bertz CT molecular complexity index is 428. The lowest BCUT2D eigenvalue weighted by molar-refractivity contribution is -0.400. The Morgan fingerprint density at radius 1 is 1.19 bits per heavy atom. The summed E-state index contributed by atoms with van der Waals surface area (Å²) in [5.41, 5.74) is 1.62. The van der Waals surface area contributed by atoms with Crippen LogP contribution < -0.4 is 0 Å². The van der Waals surface area contributed by atoms with Gasteiger partial charge < -0.3 is 9.47 Å². The molecule has 0 spiro atoms. The van der Waals surface area contributed by atoms with Crippen LogP contribution in [0.25, 0.3) is 6.08 Å². The molecule has 0 amide bonds. The van der Waals surface area contributed by atoms with E-state index >= 15 is 0 Å². The maximum Gasteiger partial charge on any atom is 0.266 e. The number of benzene rings is 1. The highest BCUT2D eigenvalue weighted by atomic mass is 16.7. The van der Waals surface area contributed by atoms with Crippen LogP contribution in [-0.2, 0) is 9.47 Å². The van der Waals surface area contributed by atoms with Gasteiger partial charge in [-0.05, 0) is 5.56 Å². The smallest absolute Gasteiger partial charge is 0.266 e. The van der Waals surface area contributed by atoms with Crippen molar-refractivity contribution in [3.63, 3.8) is 0 Å². The topological polar surface area (TPSA) is 61.6 Å². The second-order valence-corrected chi connectivity index (χ2v) is 3.14. The molecular weight excluding hydrogens is 210 g/mol. The minimum absolute atomic E-state index is 0.409. The predicted octanol–water partition coefficient (Wildman–Crippen LogP) is 2.45. The second kappa shape index (κ2) is 4.48. The monoisotopic (exact) mass is 219 g/mol. The Morgan fingerprint density at radius 2 is 1.81 bits per heavy atom. The lowest BCUT2D eigenvalue weighted by atomic mass is 10.1. The van der Waals surface area contributed by atoms with Gasteiger partial charge in [0.1, 0.15) is 12.5 Å². The van der Waals surface area contributed by atoms with E-state index in [1.807, 2.05) is 0 Å². The first kappa shape index (κ1) is 10.2. The summed E-state index contributed by atoms with van der Waals surface area (Å²) in [6.07, 6.45) is 4.88. The molecule has 5 nitrogen and oxygen atoms in total. The van der Waals surface area contributed by atoms with Crippen LogP contribution in [0, 0.1) is 10.1 Å². The molecule has 16 heavy (non-hydrogen) atoms. The first-order valence-corrected chi connectivity index (χ1v) is 4.63. The molecule has 2 rings (SSSR count). The van der Waals surface area contributed by atoms with E-state index in [1.54, 1.807) is 24.3 Å². The largest absolute Gasteiger partial charge is 0.455 e. The molecule has 0 saturated heterocycles. The van der Waals surface area contributed by atoms with E-state index < -0.39 is 11.2 Å². The Hall–Kier alpha value is -2.30. The van der Waals surface area contributed by atoms with Gasteiger partial charge >= 0.3 is 0 Å². The van der Waals surface area contributed by atoms with Crippen molar-refractivity contribution in [3.8, 4) is 0 Å². The number of hydrogen-bond donors (Lipinski definition) is 0. The quantitative estimate of drug-likeness (QED) is 0.578. The summed E-state index contributed by atoms with van der Waals surface area (Å²) in [7, 11) is 0. The average molecular weight is 219 g/mol. The molecule has 0 atom stereocenters. The fourth-order valence-corrected chi connectivity index (χ4v) is 1.31.